The normalized spacial score (nSPS) is 10.3. The second-order valence-corrected chi connectivity index (χ2v) is 6.78. The second-order valence-electron chi connectivity index (χ2n) is 3.53. The average Bonchev–Trinajstić information content (AvgIpc) is 2.42. The Labute approximate surface area is 135 Å². The molecule has 0 saturated carbocycles. The Balaban J connectivity index is 3.05. The molecule has 0 amide bonds. The number of thioether (sulfide) groups is 2. The molecular formula is C14H16Br2S2. The van der Waals surface area contributed by atoms with E-state index in [4.69, 9.17) is 0 Å². The van der Waals surface area contributed by atoms with Crippen LogP contribution >= 0.6 is 55.4 Å². The molecule has 0 atom stereocenters. The van der Waals surface area contributed by atoms with Gasteiger partial charge >= 0.3 is 0 Å². The van der Waals surface area contributed by atoms with Gasteiger partial charge in [0, 0.05) is 32.0 Å². The quantitative estimate of drug-likeness (QED) is 0.293. The fourth-order valence-electron chi connectivity index (χ4n) is 1.42. The zero-order valence-electron chi connectivity index (χ0n) is 10.1. The monoisotopic (exact) mass is 406 g/mol. The third kappa shape index (κ3) is 4.80. The topological polar surface area (TPSA) is 0 Å². The van der Waals surface area contributed by atoms with Gasteiger partial charge in [0.2, 0.25) is 0 Å². The maximum atomic E-state index is 3.77. The Morgan fingerprint density at radius 1 is 0.889 bits per heavy atom. The van der Waals surface area contributed by atoms with Crippen LogP contribution in [0.25, 0.3) is 0 Å². The summed E-state index contributed by atoms with van der Waals surface area (Å²) < 4.78 is 0. The van der Waals surface area contributed by atoms with Gasteiger partial charge in [0.25, 0.3) is 0 Å². The number of rotatable bonds is 8. The third-order valence-corrected chi connectivity index (χ3v) is 5.64. The Morgan fingerprint density at radius 3 is 1.56 bits per heavy atom. The minimum Gasteiger partial charge on any atom is -0.122 e. The molecule has 0 radical (unpaired) electrons. The summed E-state index contributed by atoms with van der Waals surface area (Å²) in [5, 5.41) is 1.77. The van der Waals surface area contributed by atoms with E-state index in [-0.39, 0.29) is 0 Å². The van der Waals surface area contributed by atoms with Crippen LogP contribution in [0.4, 0.5) is 0 Å². The summed E-state index contributed by atoms with van der Waals surface area (Å²) >= 11 is 10.8. The molecule has 0 saturated heterocycles. The van der Waals surface area contributed by atoms with Crippen LogP contribution in [-0.4, -0.2) is 11.5 Å². The number of alkyl halides is 2. The smallest absolute Gasteiger partial charge is 0.0294 e. The summed E-state index contributed by atoms with van der Waals surface area (Å²) in [4.78, 5) is 2.67. The van der Waals surface area contributed by atoms with Gasteiger partial charge in [-0.15, -0.1) is 36.7 Å². The molecule has 0 aliphatic heterocycles. The van der Waals surface area contributed by atoms with E-state index in [9.17, 15) is 0 Å². The van der Waals surface area contributed by atoms with Gasteiger partial charge in [-0.05, 0) is 23.3 Å². The number of hydrogen-bond donors (Lipinski definition) is 0. The summed E-state index contributed by atoms with van der Waals surface area (Å²) in [6, 6.07) is 4.57. The lowest BCUT2D eigenvalue weighted by Crippen LogP contribution is -1.92. The van der Waals surface area contributed by atoms with Crippen molar-refractivity contribution in [2.24, 2.45) is 0 Å². The molecule has 98 valence electrons. The van der Waals surface area contributed by atoms with Gasteiger partial charge in [0.1, 0.15) is 0 Å². The van der Waals surface area contributed by atoms with Crippen LogP contribution in [0.5, 0.6) is 0 Å². The lowest BCUT2D eigenvalue weighted by atomic mass is 10.2. The van der Waals surface area contributed by atoms with E-state index in [1.807, 2.05) is 35.7 Å². The Morgan fingerprint density at radius 2 is 1.28 bits per heavy atom. The first kappa shape index (κ1) is 16.4. The number of hydrogen-bond acceptors (Lipinski definition) is 2. The fraction of sp³-hybridized carbons (Fsp3) is 0.286. The van der Waals surface area contributed by atoms with Gasteiger partial charge < -0.3 is 0 Å². The molecule has 1 aromatic rings. The van der Waals surface area contributed by atoms with E-state index in [1.165, 1.54) is 20.9 Å². The first-order chi connectivity index (χ1) is 8.76. The summed E-state index contributed by atoms with van der Waals surface area (Å²) in [5.41, 5.74) is 2.69. The van der Waals surface area contributed by atoms with Crippen molar-refractivity contribution in [2.45, 2.75) is 20.5 Å². The van der Waals surface area contributed by atoms with Crippen molar-refractivity contribution in [1.29, 1.82) is 0 Å². The molecule has 0 fully saturated rings. The molecule has 0 aliphatic rings. The second kappa shape index (κ2) is 9.29. The predicted octanol–water partition coefficient (Wildman–Crippen LogP) is 6.03. The van der Waals surface area contributed by atoms with Crippen LogP contribution in [0, 0.1) is 0 Å². The van der Waals surface area contributed by atoms with E-state index >= 15 is 0 Å². The van der Waals surface area contributed by atoms with E-state index in [2.05, 4.69) is 57.2 Å². The zero-order chi connectivity index (χ0) is 13.4. The Hall–Kier alpha value is 0.360. The van der Waals surface area contributed by atoms with Gasteiger partial charge in [-0.3, -0.25) is 0 Å². The van der Waals surface area contributed by atoms with E-state index < -0.39 is 0 Å². The van der Waals surface area contributed by atoms with Gasteiger partial charge in [-0.25, -0.2) is 0 Å². The molecule has 1 rings (SSSR count). The van der Waals surface area contributed by atoms with Crippen LogP contribution in [0.1, 0.15) is 11.1 Å². The number of halogens is 2. The average molecular weight is 408 g/mol. The highest BCUT2D eigenvalue weighted by Gasteiger charge is 2.09. The highest BCUT2D eigenvalue weighted by Crippen LogP contribution is 2.33. The van der Waals surface area contributed by atoms with Crippen molar-refractivity contribution in [1.82, 2.24) is 0 Å². The first-order valence-corrected chi connectivity index (χ1v) is 9.73. The molecule has 0 N–H and O–H groups in total. The molecule has 1 aromatic carbocycles. The van der Waals surface area contributed by atoms with Gasteiger partial charge in [0.15, 0.2) is 0 Å². The maximum absolute atomic E-state index is 3.77. The SMILES string of the molecule is C=CCSc1cc(CBr)c(SCC=C)cc1CBr. The van der Waals surface area contributed by atoms with Crippen molar-refractivity contribution in [3.63, 3.8) is 0 Å². The van der Waals surface area contributed by atoms with Gasteiger partial charge in [0.05, 0.1) is 0 Å². The summed E-state index contributed by atoms with van der Waals surface area (Å²) in [6.07, 6.45) is 3.88. The van der Waals surface area contributed by atoms with Crippen LogP contribution in [0.2, 0.25) is 0 Å². The van der Waals surface area contributed by atoms with Crippen molar-refractivity contribution >= 4 is 55.4 Å². The number of benzene rings is 1. The molecule has 18 heavy (non-hydrogen) atoms. The minimum atomic E-state index is 0.886. The van der Waals surface area contributed by atoms with Crippen LogP contribution < -0.4 is 0 Å². The van der Waals surface area contributed by atoms with Crippen molar-refractivity contribution in [2.75, 3.05) is 11.5 Å². The predicted molar refractivity (Wildman–Crippen MR) is 93.5 cm³/mol. The molecule has 0 spiro atoms. The fourth-order valence-corrected chi connectivity index (χ4v) is 4.40. The first-order valence-electron chi connectivity index (χ1n) is 5.51. The lowest BCUT2D eigenvalue weighted by molar-refractivity contribution is 1.16. The molecule has 0 heterocycles. The van der Waals surface area contributed by atoms with Gasteiger partial charge in [-0.2, -0.15) is 0 Å². The summed E-state index contributed by atoms with van der Waals surface area (Å²) in [7, 11) is 0. The Kier molecular flexibility index (Phi) is 8.47. The largest absolute Gasteiger partial charge is 0.122 e. The van der Waals surface area contributed by atoms with Crippen LogP contribution in [-0.2, 0) is 10.7 Å². The molecule has 0 unspecified atom stereocenters. The Bertz CT molecular complexity index is 377. The van der Waals surface area contributed by atoms with E-state index in [1.54, 1.807) is 0 Å². The summed E-state index contributed by atoms with van der Waals surface area (Å²) in [6.45, 7) is 7.55. The molecule has 0 aliphatic carbocycles. The molecule has 0 nitrogen and oxygen atoms in total. The standard InChI is InChI=1S/C14H16Br2S2/c1-3-5-17-13-7-12(10-16)14(18-6-4-2)8-11(13)9-15/h3-4,7-8H,1-2,5-6,9-10H2. The maximum Gasteiger partial charge on any atom is 0.0294 e. The minimum absolute atomic E-state index is 0.886. The van der Waals surface area contributed by atoms with Crippen LogP contribution in [0.15, 0.2) is 47.2 Å². The molecule has 0 aromatic heterocycles. The molecule has 0 bridgehead atoms. The van der Waals surface area contributed by atoms with E-state index in [0.717, 1.165) is 22.2 Å². The van der Waals surface area contributed by atoms with Crippen LogP contribution in [0.3, 0.4) is 0 Å². The highest BCUT2D eigenvalue weighted by molar-refractivity contribution is 9.08. The van der Waals surface area contributed by atoms with Crippen molar-refractivity contribution < 1.29 is 0 Å². The lowest BCUT2D eigenvalue weighted by Gasteiger charge is -2.13. The summed E-state index contributed by atoms with van der Waals surface area (Å²) in [5.74, 6) is 1.89. The van der Waals surface area contributed by atoms with Gasteiger partial charge in [-0.1, -0.05) is 44.0 Å². The van der Waals surface area contributed by atoms with Crippen molar-refractivity contribution in [3.05, 3.63) is 48.6 Å². The zero-order valence-corrected chi connectivity index (χ0v) is 14.9. The molecular weight excluding hydrogens is 392 g/mol. The van der Waals surface area contributed by atoms with Crippen molar-refractivity contribution in [3.8, 4) is 0 Å². The third-order valence-electron chi connectivity index (χ3n) is 2.24. The molecule has 4 heteroatoms. The highest BCUT2D eigenvalue weighted by atomic mass is 79.9. The van der Waals surface area contributed by atoms with E-state index in [0.29, 0.717) is 0 Å².